The van der Waals surface area contributed by atoms with Crippen LogP contribution in [0, 0.1) is 18.3 Å². The van der Waals surface area contributed by atoms with E-state index in [1.54, 1.807) is 6.07 Å². The molecule has 1 aliphatic rings. The zero-order valence-corrected chi connectivity index (χ0v) is 17.7. The second kappa shape index (κ2) is 7.51. The Morgan fingerprint density at radius 1 is 1.20 bits per heavy atom. The van der Waals surface area contributed by atoms with Crippen molar-refractivity contribution in [2.45, 2.75) is 45.1 Å². The van der Waals surface area contributed by atoms with Crippen LogP contribution in [0.2, 0.25) is 0 Å². The molecule has 1 aromatic heterocycles. The lowest BCUT2D eigenvalue weighted by atomic mass is 9.84. The minimum Gasteiger partial charge on any atom is -0.485 e. The van der Waals surface area contributed by atoms with E-state index in [2.05, 4.69) is 22.1 Å². The highest BCUT2D eigenvalue weighted by atomic mass is 16.5. The first-order chi connectivity index (χ1) is 14.3. The van der Waals surface area contributed by atoms with E-state index in [0.717, 1.165) is 22.6 Å². The van der Waals surface area contributed by atoms with Gasteiger partial charge in [-0.2, -0.15) is 10.4 Å². The van der Waals surface area contributed by atoms with E-state index in [1.807, 2.05) is 75.0 Å². The van der Waals surface area contributed by atoms with Crippen LogP contribution in [0.1, 0.15) is 42.4 Å². The van der Waals surface area contributed by atoms with E-state index >= 15 is 0 Å². The molecule has 2 heterocycles. The number of benzene rings is 2. The number of aromatic nitrogens is 2. The third-order valence-electron chi connectivity index (χ3n) is 5.70. The first-order valence-corrected chi connectivity index (χ1v) is 10.0. The van der Waals surface area contributed by atoms with Gasteiger partial charge in [0.25, 0.3) is 0 Å². The molecule has 0 amide bonds. The van der Waals surface area contributed by atoms with Gasteiger partial charge in [0, 0.05) is 18.3 Å². The second-order valence-corrected chi connectivity index (χ2v) is 8.32. The minimum absolute atomic E-state index is 0.394. The maximum Gasteiger partial charge on any atom is 0.132 e. The fourth-order valence-electron chi connectivity index (χ4n) is 4.13. The number of hydrogen-bond acceptors (Lipinski definition) is 5. The molecule has 3 aromatic rings. The number of nitrogens with zero attached hydrogens (tertiary/aromatic N) is 4. The molecule has 1 unspecified atom stereocenters. The molecular formula is C24H26N4O2. The van der Waals surface area contributed by atoms with Gasteiger partial charge in [0.15, 0.2) is 0 Å². The SMILES string of the molecule is Cc1cc(CN(c2ccccc2)C2c3cc(C#N)ccc3OC(C)(C)[C@@H]2O)n(C)n1. The normalized spacial score (nSPS) is 19.5. The van der Waals surface area contributed by atoms with Crippen LogP contribution < -0.4 is 9.64 Å². The van der Waals surface area contributed by atoms with Gasteiger partial charge in [0.1, 0.15) is 17.5 Å². The summed E-state index contributed by atoms with van der Waals surface area (Å²) in [7, 11) is 1.93. The number of para-hydroxylation sites is 1. The predicted molar refractivity (Wildman–Crippen MR) is 115 cm³/mol. The topological polar surface area (TPSA) is 74.3 Å². The van der Waals surface area contributed by atoms with Gasteiger partial charge in [-0.3, -0.25) is 4.68 Å². The lowest BCUT2D eigenvalue weighted by molar-refractivity contribution is -0.0590. The van der Waals surface area contributed by atoms with Crippen LogP contribution in [0.3, 0.4) is 0 Å². The Kier molecular flexibility index (Phi) is 5.00. The number of fused-ring (bicyclic) bond motifs is 1. The van der Waals surface area contributed by atoms with Crippen molar-refractivity contribution in [2.75, 3.05) is 4.90 Å². The van der Waals surface area contributed by atoms with Crippen molar-refractivity contribution in [2.24, 2.45) is 7.05 Å². The summed E-state index contributed by atoms with van der Waals surface area (Å²) < 4.78 is 7.99. The largest absolute Gasteiger partial charge is 0.485 e. The molecule has 0 radical (unpaired) electrons. The number of rotatable bonds is 4. The second-order valence-electron chi connectivity index (χ2n) is 8.32. The van der Waals surface area contributed by atoms with E-state index in [0.29, 0.717) is 17.9 Å². The van der Waals surface area contributed by atoms with Gasteiger partial charge in [0.05, 0.1) is 35.6 Å². The van der Waals surface area contributed by atoms with Crippen LogP contribution in [0.4, 0.5) is 5.69 Å². The van der Waals surface area contributed by atoms with E-state index in [-0.39, 0.29) is 0 Å². The number of hydrogen-bond donors (Lipinski definition) is 1. The van der Waals surface area contributed by atoms with Crippen LogP contribution in [0.25, 0.3) is 0 Å². The summed E-state index contributed by atoms with van der Waals surface area (Å²) in [6, 6.07) is 19.3. The smallest absolute Gasteiger partial charge is 0.132 e. The molecule has 0 saturated carbocycles. The number of nitriles is 1. The number of ether oxygens (including phenoxy) is 1. The molecule has 1 aliphatic heterocycles. The number of anilines is 1. The van der Waals surface area contributed by atoms with E-state index in [9.17, 15) is 10.4 Å². The maximum absolute atomic E-state index is 11.4. The zero-order valence-electron chi connectivity index (χ0n) is 17.7. The van der Waals surface area contributed by atoms with Crippen LogP contribution >= 0.6 is 0 Å². The zero-order chi connectivity index (χ0) is 21.5. The first kappa shape index (κ1) is 20.0. The van der Waals surface area contributed by atoms with Crippen molar-refractivity contribution >= 4 is 5.69 Å². The van der Waals surface area contributed by atoms with Gasteiger partial charge in [-0.1, -0.05) is 18.2 Å². The third-order valence-corrected chi connectivity index (χ3v) is 5.70. The van der Waals surface area contributed by atoms with Crippen molar-refractivity contribution in [3.05, 3.63) is 77.1 Å². The molecule has 0 bridgehead atoms. The van der Waals surface area contributed by atoms with E-state index in [1.165, 1.54) is 0 Å². The molecule has 1 N–H and O–H groups in total. The summed E-state index contributed by atoms with van der Waals surface area (Å²) >= 11 is 0. The molecule has 30 heavy (non-hydrogen) atoms. The van der Waals surface area contributed by atoms with Crippen molar-refractivity contribution in [3.63, 3.8) is 0 Å². The molecule has 0 aliphatic carbocycles. The fourth-order valence-corrected chi connectivity index (χ4v) is 4.13. The van der Waals surface area contributed by atoms with Gasteiger partial charge in [0.2, 0.25) is 0 Å². The predicted octanol–water partition coefficient (Wildman–Crippen LogP) is 3.88. The third kappa shape index (κ3) is 3.53. The summed E-state index contributed by atoms with van der Waals surface area (Å²) in [6.07, 6.45) is -0.812. The van der Waals surface area contributed by atoms with Gasteiger partial charge < -0.3 is 14.7 Å². The highest BCUT2D eigenvalue weighted by Gasteiger charge is 2.45. The molecule has 0 spiro atoms. The van der Waals surface area contributed by atoms with Crippen molar-refractivity contribution < 1.29 is 9.84 Å². The van der Waals surface area contributed by atoms with Crippen molar-refractivity contribution in [3.8, 4) is 11.8 Å². The molecule has 4 rings (SSSR count). The molecule has 2 atom stereocenters. The summed E-state index contributed by atoms with van der Waals surface area (Å²) in [5.74, 6) is 0.691. The quantitative estimate of drug-likeness (QED) is 0.717. The van der Waals surface area contributed by atoms with Gasteiger partial charge in [-0.25, -0.2) is 0 Å². The minimum atomic E-state index is -0.812. The van der Waals surface area contributed by atoms with E-state index < -0.39 is 17.7 Å². The van der Waals surface area contributed by atoms with Crippen LogP contribution in [-0.2, 0) is 13.6 Å². The Labute approximate surface area is 176 Å². The summed E-state index contributed by atoms with van der Waals surface area (Å²) in [6.45, 7) is 6.30. The first-order valence-electron chi connectivity index (χ1n) is 10.0. The average Bonchev–Trinajstić information content (AvgIpc) is 3.04. The van der Waals surface area contributed by atoms with Crippen LogP contribution in [0.5, 0.6) is 5.75 Å². The molecule has 154 valence electrons. The fraction of sp³-hybridized carbons (Fsp3) is 0.333. The van der Waals surface area contributed by atoms with E-state index in [4.69, 9.17) is 4.74 Å². The highest BCUT2D eigenvalue weighted by molar-refractivity contribution is 5.55. The number of aliphatic hydroxyl groups is 1. The number of aliphatic hydroxyl groups excluding tert-OH is 1. The van der Waals surface area contributed by atoms with Gasteiger partial charge in [-0.05, 0) is 57.2 Å². The lowest BCUT2D eigenvalue weighted by Gasteiger charge is -2.47. The Balaban J connectivity index is 1.89. The van der Waals surface area contributed by atoms with Crippen molar-refractivity contribution in [1.82, 2.24) is 9.78 Å². The van der Waals surface area contributed by atoms with Gasteiger partial charge >= 0.3 is 0 Å². The highest BCUT2D eigenvalue weighted by Crippen LogP contribution is 2.45. The average molecular weight is 402 g/mol. The summed E-state index contributed by atoms with van der Waals surface area (Å²) in [5.41, 5.74) is 3.52. The van der Waals surface area contributed by atoms with Gasteiger partial charge in [-0.15, -0.1) is 0 Å². The number of aryl methyl sites for hydroxylation is 2. The van der Waals surface area contributed by atoms with Crippen LogP contribution in [-0.4, -0.2) is 26.6 Å². The van der Waals surface area contributed by atoms with Crippen LogP contribution in [0.15, 0.2) is 54.6 Å². The monoisotopic (exact) mass is 402 g/mol. The Morgan fingerprint density at radius 3 is 2.57 bits per heavy atom. The molecule has 2 aromatic carbocycles. The summed E-state index contributed by atoms with van der Waals surface area (Å²) in [4.78, 5) is 2.17. The Morgan fingerprint density at radius 2 is 1.93 bits per heavy atom. The Bertz CT molecular complexity index is 1100. The molecular weight excluding hydrogens is 376 g/mol. The lowest BCUT2D eigenvalue weighted by Crippen LogP contribution is -2.53. The molecule has 6 heteroatoms. The Hall–Kier alpha value is -3.30. The van der Waals surface area contributed by atoms with Crippen molar-refractivity contribution in [1.29, 1.82) is 5.26 Å². The molecule has 6 nitrogen and oxygen atoms in total. The molecule has 0 saturated heterocycles. The standard InChI is InChI=1S/C24H26N4O2/c1-16-12-19(27(4)26-16)15-28(18-8-6-5-7-9-18)22-20-13-17(14-25)10-11-21(20)30-24(2,3)23(22)29/h5-13,22-23,29H,15H2,1-4H3/t22?,23-/m1/s1. The summed E-state index contributed by atoms with van der Waals surface area (Å²) in [5, 5.41) is 25.3. The molecule has 0 fully saturated rings. The maximum atomic E-state index is 11.4.